The highest BCUT2D eigenvalue weighted by Crippen LogP contribution is 2.20. The third-order valence-electron chi connectivity index (χ3n) is 5.80. The molecule has 2 aliphatic rings. The Labute approximate surface area is 211 Å². The van der Waals surface area contributed by atoms with Gasteiger partial charge in [-0.1, -0.05) is 25.7 Å². The van der Waals surface area contributed by atoms with E-state index >= 15 is 0 Å². The molecule has 0 saturated heterocycles. The monoisotopic (exact) mass is 492 g/mol. The second-order valence-corrected chi connectivity index (χ2v) is 9.86. The van der Waals surface area contributed by atoms with Gasteiger partial charge in [0.2, 0.25) is 0 Å². The maximum Gasteiger partial charge on any atom is 0.154 e. The SMILES string of the molecule is CC(=O)C=C(C)N[C@@H]1CCCC[C@H]1NC(C)=CC(C)=O.CC(=O)CC(C)=O.N[C@@H]1CCCC[C@H]1N. The molecule has 0 aliphatic heterocycles. The minimum atomic E-state index is -0.0625. The molecule has 35 heavy (non-hydrogen) atoms. The summed E-state index contributed by atoms with van der Waals surface area (Å²) < 4.78 is 0. The van der Waals surface area contributed by atoms with E-state index in [4.69, 9.17) is 11.5 Å². The van der Waals surface area contributed by atoms with E-state index in [0.717, 1.165) is 37.1 Å². The van der Waals surface area contributed by atoms with Gasteiger partial charge in [-0.25, -0.2) is 0 Å². The summed E-state index contributed by atoms with van der Waals surface area (Å²) in [6.45, 7) is 9.77. The molecule has 2 fully saturated rings. The van der Waals surface area contributed by atoms with E-state index in [-0.39, 0.29) is 41.6 Å². The summed E-state index contributed by atoms with van der Waals surface area (Å²) in [5, 5.41) is 6.85. The van der Waals surface area contributed by atoms with Crippen molar-refractivity contribution in [1.82, 2.24) is 10.6 Å². The molecule has 4 atom stereocenters. The molecule has 6 N–H and O–H groups in total. The second kappa shape index (κ2) is 18.0. The molecule has 0 bridgehead atoms. The highest BCUT2D eigenvalue weighted by molar-refractivity contribution is 5.96. The largest absolute Gasteiger partial charge is 0.384 e. The van der Waals surface area contributed by atoms with Gasteiger partial charge in [-0.3, -0.25) is 19.2 Å². The summed E-state index contributed by atoms with van der Waals surface area (Å²) in [5.74, 6) is -0.00838. The van der Waals surface area contributed by atoms with Crippen LogP contribution >= 0.6 is 0 Å². The molecule has 8 heteroatoms. The first-order chi connectivity index (χ1) is 16.3. The second-order valence-electron chi connectivity index (χ2n) is 9.86. The number of ketones is 4. The Morgan fingerprint density at radius 3 is 1.17 bits per heavy atom. The van der Waals surface area contributed by atoms with Gasteiger partial charge in [-0.15, -0.1) is 0 Å². The van der Waals surface area contributed by atoms with E-state index in [1.165, 1.54) is 39.5 Å². The molecular formula is C27H48N4O4. The predicted octanol–water partition coefficient (Wildman–Crippen LogP) is 3.23. The van der Waals surface area contributed by atoms with E-state index in [0.29, 0.717) is 12.1 Å². The standard InChI is InChI=1S/C16H26N2O2.C6H14N2.C5H8O2/c1-11(9-13(3)19)17-15-7-5-6-8-16(15)18-12(2)10-14(4)20;7-5-3-1-2-4-6(5)8;1-4(6)3-5(2)7/h9-10,15-18H,5-8H2,1-4H3;5-6H,1-4,7-8H2;3H2,1-2H3/t15-,16-;5-,6-;/m11./s1. The van der Waals surface area contributed by atoms with Crippen LogP contribution in [0.5, 0.6) is 0 Å². The molecule has 2 saturated carbocycles. The Hall–Kier alpha value is -2.32. The molecule has 2 rings (SSSR count). The third-order valence-corrected chi connectivity index (χ3v) is 5.80. The Kier molecular flexibility index (Phi) is 16.8. The number of nitrogens with two attached hydrogens (primary N) is 2. The molecule has 0 aromatic heterocycles. The number of nitrogens with one attached hydrogen (secondary N) is 2. The molecule has 200 valence electrons. The zero-order chi connectivity index (χ0) is 27.0. The average Bonchev–Trinajstić information content (AvgIpc) is 2.70. The molecule has 8 nitrogen and oxygen atoms in total. The van der Waals surface area contributed by atoms with Crippen LogP contribution in [0, 0.1) is 0 Å². The zero-order valence-electron chi connectivity index (χ0n) is 22.6. The maximum atomic E-state index is 11.1. The van der Waals surface area contributed by atoms with Crippen LogP contribution in [0.4, 0.5) is 0 Å². The molecule has 0 aromatic carbocycles. The molecular weight excluding hydrogens is 444 g/mol. The highest BCUT2D eigenvalue weighted by Gasteiger charge is 2.25. The van der Waals surface area contributed by atoms with Crippen molar-refractivity contribution >= 4 is 23.1 Å². The van der Waals surface area contributed by atoms with Gasteiger partial charge in [0.05, 0.1) is 6.42 Å². The summed E-state index contributed by atoms with van der Waals surface area (Å²) >= 11 is 0. The Morgan fingerprint density at radius 2 is 0.943 bits per heavy atom. The first-order valence-electron chi connectivity index (χ1n) is 12.7. The van der Waals surface area contributed by atoms with Crippen molar-refractivity contribution in [1.29, 1.82) is 0 Å². The molecule has 0 heterocycles. The van der Waals surface area contributed by atoms with Gasteiger partial charge in [0.25, 0.3) is 0 Å². The van der Waals surface area contributed by atoms with Gasteiger partial charge in [-0.2, -0.15) is 0 Å². The number of Topliss-reactive ketones (excluding diaryl/α,β-unsaturated/α-hetero) is 2. The molecule has 0 radical (unpaired) electrons. The molecule has 0 amide bonds. The van der Waals surface area contributed by atoms with Crippen molar-refractivity contribution in [2.75, 3.05) is 0 Å². The van der Waals surface area contributed by atoms with Crippen LogP contribution in [0.2, 0.25) is 0 Å². The fourth-order valence-corrected chi connectivity index (χ4v) is 4.29. The molecule has 0 aromatic rings. The van der Waals surface area contributed by atoms with Crippen molar-refractivity contribution in [2.45, 2.75) is 123 Å². The van der Waals surface area contributed by atoms with Crippen LogP contribution in [0.15, 0.2) is 23.5 Å². The zero-order valence-corrected chi connectivity index (χ0v) is 22.6. The van der Waals surface area contributed by atoms with E-state index in [1.54, 1.807) is 26.0 Å². The highest BCUT2D eigenvalue weighted by atomic mass is 16.1. The van der Waals surface area contributed by atoms with Gasteiger partial charge in [0, 0.05) is 35.6 Å². The van der Waals surface area contributed by atoms with Crippen LogP contribution < -0.4 is 22.1 Å². The summed E-state index contributed by atoms with van der Waals surface area (Å²) in [6, 6.07) is 1.16. The average molecular weight is 493 g/mol. The Balaban J connectivity index is 0.000000627. The lowest BCUT2D eigenvalue weighted by atomic mass is 9.90. The summed E-state index contributed by atoms with van der Waals surface area (Å²) in [6.07, 6.45) is 12.7. The fourth-order valence-electron chi connectivity index (χ4n) is 4.29. The van der Waals surface area contributed by atoms with Crippen LogP contribution in [-0.4, -0.2) is 47.3 Å². The normalized spacial score (nSPS) is 24.6. The minimum Gasteiger partial charge on any atom is -0.384 e. The van der Waals surface area contributed by atoms with E-state index < -0.39 is 0 Å². The van der Waals surface area contributed by atoms with Crippen LogP contribution in [0.1, 0.15) is 99.3 Å². The van der Waals surface area contributed by atoms with Gasteiger partial charge in [-0.05, 0) is 79.4 Å². The van der Waals surface area contributed by atoms with Crippen molar-refractivity contribution < 1.29 is 19.2 Å². The van der Waals surface area contributed by atoms with Crippen LogP contribution in [-0.2, 0) is 19.2 Å². The van der Waals surface area contributed by atoms with Gasteiger partial charge < -0.3 is 22.1 Å². The maximum absolute atomic E-state index is 11.1. The summed E-state index contributed by atoms with van der Waals surface area (Å²) in [5.41, 5.74) is 13.1. The first-order valence-corrected chi connectivity index (χ1v) is 12.7. The van der Waals surface area contributed by atoms with Crippen molar-refractivity contribution in [3.8, 4) is 0 Å². The number of hydrogen-bond donors (Lipinski definition) is 4. The lowest BCUT2D eigenvalue weighted by molar-refractivity contribution is -0.124. The molecule has 0 unspecified atom stereocenters. The Bertz CT molecular complexity index is 698. The number of carbonyl (C=O) groups is 4. The number of hydrogen-bond acceptors (Lipinski definition) is 8. The van der Waals surface area contributed by atoms with Gasteiger partial charge >= 0.3 is 0 Å². The van der Waals surface area contributed by atoms with Crippen molar-refractivity contribution in [3.05, 3.63) is 23.5 Å². The lowest BCUT2D eigenvalue weighted by Gasteiger charge is -2.34. The third kappa shape index (κ3) is 17.7. The van der Waals surface area contributed by atoms with Crippen molar-refractivity contribution in [2.24, 2.45) is 11.5 Å². The predicted molar refractivity (Wildman–Crippen MR) is 142 cm³/mol. The topological polar surface area (TPSA) is 144 Å². The summed E-state index contributed by atoms with van der Waals surface area (Å²) in [4.78, 5) is 42.3. The van der Waals surface area contributed by atoms with Gasteiger partial charge in [0.1, 0.15) is 11.6 Å². The van der Waals surface area contributed by atoms with E-state index in [2.05, 4.69) is 10.6 Å². The van der Waals surface area contributed by atoms with Crippen molar-refractivity contribution in [3.63, 3.8) is 0 Å². The van der Waals surface area contributed by atoms with Crippen LogP contribution in [0.25, 0.3) is 0 Å². The molecule has 2 aliphatic carbocycles. The Morgan fingerprint density at radius 1 is 0.629 bits per heavy atom. The number of allylic oxidation sites excluding steroid dienone is 4. The van der Waals surface area contributed by atoms with E-state index in [1.807, 2.05) is 13.8 Å². The minimum absolute atomic E-state index is 0.0583. The first kappa shape index (κ1) is 32.7. The quantitative estimate of drug-likeness (QED) is 0.298. The summed E-state index contributed by atoms with van der Waals surface area (Å²) in [7, 11) is 0. The van der Waals surface area contributed by atoms with Gasteiger partial charge in [0.15, 0.2) is 11.6 Å². The van der Waals surface area contributed by atoms with Crippen LogP contribution in [0.3, 0.4) is 0 Å². The fraction of sp³-hybridized carbons (Fsp3) is 0.704. The number of rotatable bonds is 8. The van der Waals surface area contributed by atoms with E-state index in [9.17, 15) is 19.2 Å². The lowest BCUT2D eigenvalue weighted by Crippen LogP contribution is -2.48. The molecule has 0 spiro atoms. The number of carbonyl (C=O) groups excluding carboxylic acids is 4. The smallest absolute Gasteiger partial charge is 0.154 e.